The third-order valence-electron chi connectivity index (χ3n) is 8.44. The fourth-order valence-corrected chi connectivity index (χ4v) is 6.06. The number of carbonyl (C=O) groups excluding carboxylic acids is 3. The minimum Gasteiger partial charge on any atom is -0.383 e. The number of likely N-dealkylation sites (tertiary alicyclic amines) is 2. The standard InChI is InChI=1S/C32H39N5O4/c1-3-21-15-28(36(2)19-21)32(41)37-20-25(35-31(40)29(38)14-13-22-9-5-4-6-10-22)17-27(37)30(39)34-24-16-23-11-7-8-12-26(23)33-18-24/h4-12,16,18,21,25,27-29,38H,3,13-15,17,19-20H2,1-2H3,(H,34,39)(H,35,40). The van der Waals surface area contributed by atoms with Crippen LogP contribution in [0.1, 0.15) is 38.2 Å². The van der Waals surface area contributed by atoms with Gasteiger partial charge in [0.05, 0.1) is 23.4 Å². The van der Waals surface area contributed by atoms with Gasteiger partial charge in [-0.05, 0) is 56.3 Å². The molecule has 2 fully saturated rings. The molecule has 3 amide bonds. The number of aryl methyl sites for hydroxylation is 1. The van der Waals surface area contributed by atoms with E-state index in [9.17, 15) is 19.5 Å². The number of fused-ring (bicyclic) bond motifs is 1. The van der Waals surface area contributed by atoms with E-state index in [0.29, 0.717) is 18.0 Å². The van der Waals surface area contributed by atoms with Gasteiger partial charge in [0.2, 0.25) is 17.7 Å². The van der Waals surface area contributed by atoms with Gasteiger partial charge in [-0.1, -0.05) is 61.9 Å². The maximum atomic E-state index is 13.8. The van der Waals surface area contributed by atoms with Gasteiger partial charge in [-0.25, -0.2) is 0 Å². The molecule has 2 aliphatic rings. The highest BCUT2D eigenvalue weighted by atomic mass is 16.3. The van der Waals surface area contributed by atoms with Crippen LogP contribution in [0.25, 0.3) is 10.9 Å². The van der Waals surface area contributed by atoms with Gasteiger partial charge in [-0.3, -0.25) is 24.3 Å². The number of likely N-dealkylation sites (N-methyl/N-ethyl adjacent to an activating group) is 1. The Morgan fingerprint density at radius 3 is 2.54 bits per heavy atom. The Morgan fingerprint density at radius 2 is 1.78 bits per heavy atom. The topological polar surface area (TPSA) is 115 Å². The van der Waals surface area contributed by atoms with Crippen LogP contribution in [0, 0.1) is 5.92 Å². The minimum absolute atomic E-state index is 0.0957. The van der Waals surface area contributed by atoms with Crippen LogP contribution in [0.15, 0.2) is 66.9 Å². The fourth-order valence-electron chi connectivity index (χ4n) is 6.06. The van der Waals surface area contributed by atoms with Crippen molar-refractivity contribution in [3.05, 3.63) is 72.4 Å². The number of aliphatic hydroxyl groups is 1. The molecule has 3 aromatic rings. The second-order valence-electron chi connectivity index (χ2n) is 11.4. The number of nitrogens with one attached hydrogen (secondary N) is 2. The molecule has 0 bridgehead atoms. The highest BCUT2D eigenvalue weighted by Crippen LogP contribution is 2.29. The molecule has 0 saturated carbocycles. The first-order chi connectivity index (χ1) is 19.8. The van der Waals surface area contributed by atoms with Crippen LogP contribution in [0.3, 0.4) is 0 Å². The first-order valence-corrected chi connectivity index (χ1v) is 14.5. The molecule has 2 aromatic carbocycles. The predicted octanol–water partition coefficient (Wildman–Crippen LogP) is 2.98. The highest BCUT2D eigenvalue weighted by Gasteiger charge is 2.45. The molecular formula is C32H39N5O4. The average Bonchev–Trinajstić information content (AvgIpc) is 3.59. The van der Waals surface area contributed by atoms with E-state index < -0.39 is 24.1 Å². The smallest absolute Gasteiger partial charge is 0.249 e. The maximum Gasteiger partial charge on any atom is 0.249 e. The molecule has 3 heterocycles. The molecule has 5 atom stereocenters. The molecule has 2 saturated heterocycles. The summed E-state index contributed by atoms with van der Waals surface area (Å²) in [7, 11) is 1.95. The predicted molar refractivity (Wildman–Crippen MR) is 158 cm³/mol. The number of nitrogens with zero attached hydrogens (tertiary/aromatic N) is 3. The number of benzene rings is 2. The quantitative estimate of drug-likeness (QED) is 0.373. The van der Waals surface area contributed by atoms with Crippen LogP contribution in [-0.4, -0.2) is 82.0 Å². The summed E-state index contributed by atoms with van der Waals surface area (Å²) in [6, 6.07) is 17.7. The fraction of sp³-hybridized carbons (Fsp3) is 0.438. The summed E-state index contributed by atoms with van der Waals surface area (Å²) in [5.41, 5.74) is 2.42. The Morgan fingerprint density at radius 1 is 1.02 bits per heavy atom. The van der Waals surface area contributed by atoms with Gasteiger partial charge in [0, 0.05) is 24.5 Å². The molecule has 2 aliphatic heterocycles. The molecule has 0 spiro atoms. The summed E-state index contributed by atoms with van der Waals surface area (Å²) in [5.74, 6) is -0.462. The van der Waals surface area contributed by atoms with Crippen molar-refractivity contribution in [3.63, 3.8) is 0 Å². The molecule has 216 valence electrons. The van der Waals surface area contributed by atoms with Crippen molar-refractivity contribution in [1.29, 1.82) is 0 Å². The second kappa shape index (κ2) is 12.8. The van der Waals surface area contributed by atoms with Gasteiger partial charge in [-0.2, -0.15) is 0 Å². The minimum atomic E-state index is -1.18. The number of pyridine rings is 1. The van der Waals surface area contributed by atoms with E-state index in [2.05, 4.69) is 27.4 Å². The number of amides is 3. The van der Waals surface area contributed by atoms with Crippen LogP contribution in [-0.2, 0) is 20.8 Å². The third kappa shape index (κ3) is 6.74. The highest BCUT2D eigenvalue weighted by molar-refractivity contribution is 5.99. The van der Waals surface area contributed by atoms with Gasteiger partial charge in [0.15, 0.2) is 0 Å². The number of hydrogen-bond acceptors (Lipinski definition) is 6. The van der Waals surface area contributed by atoms with Crippen LogP contribution in [0.4, 0.5) is 5.69 Å². The molecular weight excluding hydrogens is 518 g/mol. The number of aliphatic hydroxyl groups excluding tert-OH is 1. The lowest BCUT2D eigenvalue weighted by atomic mass is 10.0. The van der Waals surface area contributed by atoms with Crippen molar-refractivity contribution in [2.24, 2.45) is 5.92 Å². The van der Waals surface area contributed by atoms with Gasteiger partial charge in [-0.15, -0.1) is 0 Å². The largest absolute Gasteiger partial charge is 0.383 e. The average molecular weight is 558 g/mol. The van der Waals surface area contributed by atoms with E-state index in [1.54, 1.807) is 11.1 Å². The molecule has 41 heavy (non-hydrogen) atoms. The van der Waals surface area contributed by atoms with Crippen molar-refractivity contribution < 1.29 is 19.5 Å². The molecule has 9 nitrogen and oxygen atoms in total. The van der Waals surface area contributed by atoms with Gasteiger partial charge in [0.25, 0.3) is 0 Å². The van der Waals surface area contributed by atoms with Crippen molar-refractivity contribution in [1.82, 2.24) is 20.1 Å². The van der Waals surface area contributed by atoms with Crippen LogP contribution in [0.5, 0.6) is 0 Å². The van der Waals surface area contributed by atoms with E-state index in [-0.39, 0.29) is 37.2 Å². The number of hydrogen-bond donors (Lipinski definition) is 3. The lowest BCUT2D eigenvalue weighted by Gasteiger charge is -2.29. The Balaban J connectivity index is 1.28. The maximum absolute atomic E-state index is 13.8. The molecule has 0 radical (unpaired) electrons. The summed E-state index contributed by atoms with van der Waals surface area (Å²) >= 11 is 0. The molecule has 5 rings (SSSR count). The van der Waals surface area contributed by atoms with Crippen molar-refractivity contribution in [2.45, 2.75) is 63.3 Å². The lowest BCUT2D eigenvalue weighted by molar-refractivity contribution is -0.140. The summed E-state index contributed by atoms with van der Waals surface area (Å²) < 4.78 is 0. The first-order valence-electron chi connectivity index (χ1n) is 14.5. The van der Waals surface area contributed by atoms with E-state index in [1.807, 2.05) is 67.7 Å². The molecule has 1 aromatic heterocycles. The lowest BCUT2D eigenvalue weighted by Crippen LogP contribution is -2.50. The second-order valence-corrected chi connectivity index (χ2v) is 11.4. The van der Waals surface area contributed by atoms with Gasteiger partial charge in [0.1, 0.15) is 12.1 Å². The number of carbonyl (C=O) groups is 3. The van der Waals surface area contributed by atoms with Crippen LogP contribution < -0.4 is 10.6 Å². The van der Waals surface area contributed by atoms with Crippen LogP contribution >= 0.6 is 0 Å². The number of rotatable bonds is 9. The Hall–Kier alpha value is -3.82. The van der Waals surface area contributed by atoms with E-state index in [1.165, 1.54) is 0 Å². The Kier molecular flexibility index (Phi) is 8.95. The van der Waals surface area contributed by atoms with Crippen molar-refractivity contribution in [3.8, 4) is 0 Å². The van der Waals surface area contributed by atoms with E-state index in [0.717, 1.165) is 35.9 Å². The van der Waals surface area contributed by atoms with Gasteiger partial charge < -0.3 is 20.6 Å². The SMILES string of the molecule is CCC1CC(C(=O)N2CC(NC(=O)C(O)CCc3ccccc3)CC2C(=O)Nc2cnc3ccccc3c2)N(C)C1. The molecule has 0 aliphatic carbocycles. The normalized spacial score (nSPS) is 23.4. The van der Waals surface area contributed by atoms with Crippen molar-refractivity contribution in [2.75, 3.05) is 25.5 Å². The van der Waals surface area contributed by atoms with Crippen molar-refractivity contribution >= 4 is 34.3 Å². The summed E-state index contributed by atoms with van der Waals surface area (Å²) in [5, 5.41) is 17.3. The number of para-hydroxylation sites is 1. The summed E-state index contributed by atoms with van der Waals surface area (Å²) in [6.45, 7) is 3.18. The molecule has 9 heteroatoms. The Bertz CT molecular complexity index is 1380. The Labute approximate surface area is 240 Å². The zero-order valence-electron chi connectivity index (χ0n) is 23.7. The van der Waals surface area contributed by atoms with Crippen LogP contribution in [0.2, 0.25) is 0 Å². The number of aromatic nitrogens is 1. The molecule has 3 N–H and O–H groups in total. The zero-order chi connectivity index (χ0) is 28.9. The van der Waals surface area contributed by atoms with Gasteiger partial charge >= 0.3 is 0 Å². The first kappa shape index (κ1) is 28.7. The summed E-state index contributed by atoms with van der Waals surface area (Å²) in [4.78, 5) is 48.4. The third-order valence-corrected chi connectivity index (χ3v) is 8.44. The van der Waals surface area contributed by atoms with E-state index >= 15 is 0 Å². The summed E-state index contributed by atoms with van der Waals surface area (Å²) in [6.07, 6.45) is 3.30. The number of anilines is 1. The zero-order valence-corrected chi connectivity index (χ0v) is 23.7. The van der Waals surface area contributed by atoms with E-state index in [4.69, 9.17) is 0 Å². The monoisotopic (exact) mass is 557 g/mol. The molecule has 5 unspecified atom stereocenters.